The van der Waals surface area contributed by atoms with Gasteiger partial charge in [-0.25, -0.2) is 9.78 Å². The molecule has 0 spiro atoms. The molecular formula is C15H18N6O2S. The Balaban J connectivity index is 1.39. The lowest BCUT2D eigenvalue weighted by atomic mass is 10.1. The van der Waals surface area contributed by atoms with Crippen molar-refractivity contribution in [3.05, 3.63) is 28.5 Å². The Kier molecular flexibility index (Phi) is 3.52. The van der Waals surface area contributed by atoms with E-state index < -0.39 is 0 Å². The molecule has 2 fully saturated rings. The number of hydrogen-bond acceptors (Lipinski definition) is 5. The molecule has 2 aliphatic heterocycles. The summed E-state index contributed by atoms with van der Waals surface area (Å²) in [7, 11) is 1.79. The van der Waals surface area contributed by atoms with Gasteiger partial charge in [0.05, 0.1) is 22.9 Å². The molecule has 24 heavy (non-hydrogen) atoms. The van der Waals surface area contributed by atoms with E-state index in [0.717, 1.165) is 17.2 Å². The SMILES string of the molecule is Cc1nc(C(=O)N2CC(n3cc(N4CCN(C)C4=O)cn3)C2)cs1. The lowest BCUT2D eigenvalue weighted by Crippen LogP contribution is -2.51. The summed E-state index contributed by atoms with van der Waals surface area (Å²) >= 11 is 1.48. The minimum atomic E-state index is -0.0284. The number of carbonyl (C=O) groups excluding carboxylic acids is 2. The van der Waals surface area contributed by atoms with Gasteiger partial charge in [-0.1, -0.05) is 0 Å². The molecule has 0 N–H and O–H groups in total. The first-order valence-electron chi connectivity index (χ1n) is 7.81. The van der Waals surface area contributed by atoms with Crippen LogP contribution in [0.15, 0.2) is 17.8 Å². The molecule has 0 bridgehead atoms. The zero-order chi connectivity index (χ0) is 16.8. The Hall–Kier alpha value is -2.42. The van der Waals surface area contributed by atoms with Gasteiger partial charge in [-0.15, -0.1) is 11.3 Å². The number of hydrogen-bond donors (Lipinski definition) is 0. The normalized spacial score (nSPS) is 18.4. The molecule has 0 aromatic carbocycles. The van der Waals surface area contributed by atoms with E-state index in [0.29, 0.717) is 25.3 Å². The highest BCUT2D eigenvalue weighted by Gasteiger charge is 2.35. The molecule has 4 rings (SSSR count). The van der Waals surface area contributed by atoms with E-state index in [-0.39, 0.29) is 18.0 Å². The molecule has 0 saturated carbocycles. The number of likely N-dealkylation sites (tertiary alicyclic amines) is 1. The van der Waals surface area contributed by atoms with Crippen LogP contribution in [0.1, 0.15) is 21.5 Å². The third kappa shape index (κ3) is 2.44. The monoisotopic (exact) mass is 346 g/mol. The van der Waals surface area contributed by atoms with Gasteiger partial charge in [0.25, 0.3) is 5.91 Å². The largest absolute Gasteiger partial charge is 0.333 e. The van der Waals surface area contributed by atoms with E-state index in [1.54, 1.807) is 33.3 Å². The lowest BCUT2D eigenvalue weighted by Gasteiger charge is -2.38. The number of likely N-dealkylation sites (N-methyl/N-ethyl adjacent to an activating group) is 1. The van der Waals surface area contributed by atoms with Gasteiger partial charge in [0.2, 0.25) is 0 Å². The number of nitrogens with zero attached hydrogens (tertiary/aromatic N) is 6. The Morgan fingerprint density at radius 2 is 2.12 bits per heavy atom. The van der Waals surface area contributed by atoms with Crippen LogP contribution in [0.5, 0.6) is 0 Å². The molecule has 2 aliphatic rings. The van der Waals surface area contributed by atoms with Crippen LogP contribution in [-0.4, -0.2) is 69.7 Å². The highest BCUT2D eigenvalue weighted by atomic mass is 32.1. The van der Waals surface area contributed by atoms with E-state index in [1.807, 2.05) is 17.8 Å². The number of urea groups is 1. The summed E-state index contributed by atoms with van der Waals surface area (Å²) in [5, 5.41) is 7.06. The first-order valence-corrected chi connectivity index (χ1v) is 8.69. The van der Waals surface area contributed by atoms with E-state index >= 15 is 0 Å². The summed E-state index contributed by atoms with van der Waals surface area (Å²) < 4.78 is 1.84. The van der Waals surface area contributed by atoms with Gasteiger partial charge >= 0.3 is 6.03 Å². The predicted molar refractivity (Wildman–Crippen MR) is 89.4 cm³/mol. The molecule has 8 nitrogen and oxygen atoms in total. The summed E-state index contributed by atoms with van der Waals surface area (Å²) in [5.74, 6) is -0.0284. The Morgan fingerprint density at radius 3 is 2.75 bits per heavy atom. The first-order chi connectivity index (χ1) is 11.5. The average Bonchev–Trinajstić information content (AvgIpc) is 3.21. The van der Waals surface area contributed by atoms with Gasteiger partial charge in [-0.05, 0) is 6.92 Å². The minimum absolute atomic E-state index is 0.00105. The zero-order valence-electron chi connectivity index (χ0n) is 13.5. The number of thiazole rings is 1. The molecule has 2 aromatic rings. The molecule has 3 amide bonds. The fraction of sp³-hybridized carbons (Fsp3) is 0.467. The van der Waals surface area contributed by atoms with E-state index in [1.165, 1.54) is 11.3 Å². The summed E-state index contributed by atoms with van der Waals surface area (Å²) in [6.45, 7) is 4.53. The molecule has 4 heterocycles. The smallest absolute Gasteiger partial charge is 0.324 e. The maximum Gasteiger partial charge on any atom is 0.324 e. The van der Waals surface area contributed by atoms with Crippen LogP contribution in [0.25, 0.3) is 0 Å². The van der Waals surface area contributed by atoms with Crippen molar-refractivity contribution in [2.45, 2.75) is 13.0 Å². The van der Waals surface area contributed by atoms with Crippen molar-refractivity contribution in [2.75, 3.05) is 38.1 Å². The Labute approximate surface area is 143 Å². The fourth-order valence-electron chi connectivity index (χ4n) is 2.97. The zero-order valence-corrected chi connectivity index (χ0v) is 14.4. The molecule has 2 saturated heterocycles. The van der Waals surface area contributed by atoms with Crippen molar-refractivity contribution < 1.29 is 9.59 Å². The van der Waals surface area contributed by atoms with E-state index in [4.69, 9.17) is 0 Å². The van der Waals surface area contributed by atoms with Gasteiger partial charge in [-0.2, -0.15) is 5.10 Å². The Morgan fingerprint density at radius 1 is 1.33 bits per heavy atom. The highest BCUT2D eigenvalue weighted by molar-refractivity contribution is 7.09. The van der Waals surface area contributed by atoms with Crippen LogP contribution in [0.2, 0.25) is 0 Å². The fourth-order valence-corrected chi connectivity index (χ4v) is 3.55. The van der Waals surface area contributed by atoms with Crippen molar-refractivity contribution in [1.29, 1.82) is 0 Å². The van der Waals surface area contributed by atoms with Crippen LogP contribution in [0.3, 0.4) is 0 Å². The van der Waals surface area contributed by atoms with Gasteiger partial charge in [0, 0.05) is 44.8 Å². The maximum absolute atomic E-state index is 12.3. The molecule has 0 radical (unpaired) electrons. The van der Waals surface area contributed by atoms with Crippen molar-refractivity contribution in [3.63, 3.8) is 0 Å². The number of aryl methyl sites for hydroxylation is 1. The predicted octanol–water partition coefficient (Wildman–Crippen LogP) is 1.22. The van der Waals surface area contributed by atoms with Crippen LogP contribution >= 0.6 is 11.3 Å². The second-order valence-electron chi connectivity index (χ2n) is 6.15. The number of amides is 3. The Bertz CT molecular complexity index is 793. The number of anilines is 1. The van der Waals surface area contributed by atoms with Gasteiger partial charge in [0.1, 0.15) is 5.69 Å². The standard InChI is InChI=1S/C15H18N6O2S/c1-10-17-13(9-24-10)14(22)19-6-12(7-19)21-8-11(5-16-21)20-4-3-18(2)15(20)23/h5,8-9,12H,3-4,6-7H2,1-2H3. The third-order valence-electron chi connectivity index (χ3n) is 4.48. The van der Waals surface area contributed by atoms with E-state index in [2.05, 4.69) is 10.1 Å². The van der Waals surface area contributed by atoms with E-state index in [9.17, 15) is 9.59 Å². The van der Waals surface area contributed by atoms with Crippen molar-refractivity contribution in [1.82, 2.24) is 24.6 Å². The second kappa shape index (κ2) is 5.59. The minimum Gasteiger partial charge on any atom is -0.333 e. The molecule has 126 valence electrons. The number of aromatic nitrogens is 3. The average molecular weight is 346 g/mol. The summed E-state index contributed by atoms with van der Waals surface area (Å²) in [6.07, 6.45) is 3.60. The first kappa shape index (κ1) is 15.1. The molecule has 0 atom stereocenters. The number of carbonyl (C=O) groups is 2. The molecule has 2 aromatic heterocycles. The van der Waals surface area contributed by atoms with Crippen molar-refractivity contribution in [2.24, 2.45) is 0 Å². The topological polar surface area (TPSA) is 74.6 Å². The molecule has 0 aliphatic carbocycles. The van der Waals surface area contributed by atoms with Gasteiger partial charge < -0.3 is 9.80 Å². The molecule has 9 heteroatoms. The van der Waals surface area contributed by atoms with Crippen molar-refractivity contribution in [3.8, 4) is 0 Å². The quantitative estimate of drug-likeness (QED) is 0.837. The maximum atomic E-state index is 12.3. The number of rotatable bonds is 3. The summed E-state index contributed by atoms with van der Waals surface area (Å²) in [4.78, 5) is 33.7. The van der Waals surface area contributed by atoms with Crippen LogP contribution < -0.4 is 4.90 Å². The molecular weight excluding hydrogens is 328 g/mol. The van der Waals surface area contributed by atoms with Crippen LogP contribution in [0, 0.1) is 6.92 Å². The van der Waals surface area contributed by atoms with Crippen LogP contribution in [-0.2, 0) is 0 Å². The van der Waals surface area contributed by atoms with Crippen molar-refractivity contribution >= 4 is 29.0 Å². The van der Waals surface area contributed by atoms with Crippen LogP contribution in [0.4, 0.5) is 10.5 Å². The van der Waals surface area contributed by atoms with Gasteiger partial charge in [0.15, 0.2) is 0 Å². The highest BCUT2D eigenvalue weighted by Crippen LogP contribution is 2.26. The third-order valence-corrected chi connectivity index (χ3v) is 5.25. The van der Waals surface area contributed by atoms with Gasteiger partial charge in [-0.3, -0.25) is 14.4 Å². The molecule has 0 unspecified atom stereocenters. The summed E-state index contributed by atoms with van der Waals surface area (Å²) in [5.41, 5.74) is 1.33. The second-order valence-corrected chi connectivity index (χ2v) is 7.21. The lowest BCUT2D eigenvalue weighted by molar-refractivity contribution is 0.0496. The summed E-state index contributed by atoms with van der Waals surface area (Å²) in [6, 6.07) is 0.150.